The van der Waals surface area contributed by atoms with E-state index in [1.807, 2.05) is 18.5 Å². The van der Waals surface area contributed by atoms with Gasteiger partial charge in [0.25, 0.3) is 0 Å². The first-order valence-electron chi connectivity index (χ1n) is 6.46. The molecule has 1 aliphatic heterocycles. The lowest BCUT2D eigenvalue weighted by molar-refractivity contribution is -0.880. The van der Waals surface area contributed by atoms with Crippen molar-refractivity contribution in [3.63, 3.8) is 0 Å². The summed E-state index contributed by atoms with van der Waals surface area (Å²) >= 11 is 6.98. The van der Waals surface area contributed by atoms with Crippen LogP contribution >= 0.6 is 23.6 Å². The zero-order valence-corrected chi connectivity index (χ0v) is 13.1. The van der Waals surface area contributed by atoms with Gasteiger partial charge in [0.2, 0.25) is 0 Å². The first-order valence-corrected chi connectivity index (χ1v) is 7.69. The monoisotopic (exact) mass is 296 g/mol. The minimum Gasteiger partial charge on any atom is -0.344 e. The molecule has 7 heteroatoms. The van der Waals surface area contributed by atoms with Crippen LogP contribution in [-0.4, -0.2) is 47.8 Å². The zero-order chi connectivity index (χ0) is 13.6. The van der Waals surface area contributed by atoms with Crippen LogP contribution in [0.2, 0.25) is 0 Å². The third-order valence-electron chi connectivity index (χ3n) is 3.64. The lowest BCUT2D eigenvalue weighted by Gasteiger charge is -2.31. The molecule has 0 unspecified atom stereocenters. The molecule has 1 fully saturated rings. The fraction of sp³-hybridized carbons (Fsp3) is 0.583. The molecule has 2 aromatic heterocycles. The number of rotatable bonds is 1. The van der Waals surface area contributed by atoms with Crippen LogP contribution in [0.15, 0.2) is 0 Å². The van der Waals surface area contributed by atoms with E-state index >= 15 is 0 Å². The summed E-state index contributed by atoms with van der Waals surface area (Å²) in [5, 5.41) is 0. The van der Waals surface area contributed by atoms with Gasteiger partial charge < -0.3 is 14.4 Å². The molecule has 0 aromatic carbocycles. The van der Waals surface area contributed by atoms with E-state index in [0.29, 0.717) is 0 Å². The van der Waals surface area contributed by atoms with Crippen LogP contribution in [0.5, 0.6) is 0 Å². The van der Waals surface area contributed by atoms with Gasteiger partial charge in [0.1, 0.15) is 10.5 Å². The molecule has 3 heterocycles. The van der Waals surface area contributed by atoms with E-state index in [4.69, 9.17) is 12.2 Å². The van der Waals surface area contributed by atoms with Gasteiger partial charge >= 0.3 is 0 Å². The van der Waals surface area contributed by atoms with Crippen LogP contribution in [0.25, 0.3) is 10.3 Å². The zero-order valence-electron chi connectivity index (χ0n) is 11.4. The number of fused-ring (bicyclic) bond motifs is 1. The number of thiazole rings is 1. The quantitative estimate of drug-likeness (QED) is 0.773. The Morgan fingerprint density at radius 2 is 1.95 bits per heavy atom. The minimum atomic E-state index is 0.817. The van der Waals surface area contributed by atoms with Crippen LogP contribution < -0.4 is 9.80 Å². The maximum Gasteiger partial charge on any atom is 0.163 e. The number of anilines is 1. The maximum absolute atomic E-state index is 5.37. The van der Waals surface area contributed by atoms with Crippen LogP contribution in [0.3, 0.4) is 0 Å². The Hall–Kier alpha value is -1.05. The molecule has 5 nitrogen and oxygen atoms in total. The molecule has 0 aliphatic carbocycles. The van der Waals surface area contributed by atoms with Crippen LogP contribution in [0.4, 0.5) is 5.82 Å². The molecular formula is C12H18N5S2+. The molecule has 0 amide bonds. The SMILES string of the molecule is Cc1nc(N2CC[NH+](C)CC2)c2sc(=S)n(C)c2n1. The van der Waals surface area contributed by atoms with E-state index in [1.54, 1.807) is 16.2 Å². The van der Waals surface area contributed by atoms with Gasteiger partial charge in [-0.1, -0.05) is 11.3 Å². The standard InChI is InChI=1S/C12H17N5S2/c1-8-13-10-9(19-12(18)16(10)3)11(14-8)17-6-4-15(2)5-7-17/h4-7H2,1-3H3/p+1. The topological polar surface area (TPSA) is 38.4 Å². The summed E-state index contributed by atoms with van der Waals surface area (Å²) in [6, 6.07) is 0. The molecule has 0 radical (unpaired) electrons. The van der Waals surface area contributed by atoms with Crippen molar-refractivity contribution in [3.8, 4) is 0 Å². The van der Waals surface area contributed by atoms with E-state index in [2.05, 4.69) is 21.9 Å². The number of nitrogens with one attached hydrogen (secondary N) is 1. The number of piperazine rings is 1. The highest BCUT2D eigenvalue weighted by atomic mass is 32.1. The summed E-state index contributed by atoms with van der Waals surface area (Å²) in [6.07, 6.45) is 0. The van der Waals surface area contributed by atoms with E-state index in [-0.39, 0.29) is 0 Å². The average molecular weight is 296 g/mol. The molecule has 1 saturated heterocycles. The van der Waals surface area contributed by atoms with Crippen LogP contribution in [0.1, 0.15) is 5.82 Å². The highest BCUT2D eigenvalue weighted by Gasteiger charge is 2.22. The third-order valence-corrected chi connectivity index (χ3v) is 5.18. The summed E-state index contributed by atoms with van der Waals surface area (Å²) in [5.41, 5.74) is 0.962. The molecule has 102 valence electrons. The number of aromatic nitrogens is 3. The van der Waals surface area contributed by atoms with E-state index < -0.39 is 0 Å². The summed E-state index contributed by atoms with van der Waals surface area (Å²) in [6.45, 7) is 6.36. The summed E-state index contributed by atoms with van der Waals surface area (Å²) in [5.74, 6) is 1.88. The van der Waals surface area contributed by atoms with Crippen LogP contribution in [-0.2, 0) is 7.05 Å². The highest BCUT2D eigenvalue weighted by molar-refractivity contribution is 7.73. The first kappa shape index (κ1) is 13.0. The Morgan fingerprint density at radius 3 is 2.63 bits per heavy atom. The van der Waals surface area contributed by atoms with Crippen molar-refractivity contribution in [3.05, 3.63) is 9.78 Å². The lowest BCUT2D eigenvalue weighted by atomic mass is 10.3. The molecule has 3 rings (SSSR count). The third kappa shape index (κ3) is 2.26. The number of quaternary nitrogens is 1. The maximum atomic E-state index is 5.37. The Morgan fingerprint density at radius 1 is 1.26 bits per heavy atom. The second-order valence-corrected chi connectivity index (χ2v) is 6.76. The van der Waals surface area contributed by atoms with Gasteiger partial charge in [-0.25, -0.2) is 9.97 Å². The van der Waals surface area contributed by atoms with Gasteiger partial charge in [-0.05, 0) is 19.1 Å². The lowest BCUT2D eigenvalue weighted by Crippen LogP contribution is -3.12. The smallest absolute Gasteiger partial charge is 0.163 e. The second-order valence-electron chi connectivity index (χ2n) is 5.12. The van der Waals surface area contributed by atoms with E-state index in [0.717, 1.165) is 52.1 Å². The van der Waals surface area contributed by atoms with Gasteiger partial charge in [0.05, 0.1) is 33.2 Å². The van der Waals surface area contributed by atoms with Gasteiger partial charge in [0, 0.05) is 7.05 Å². The Labute approximate surface area is 121 Å². The number of aryl methyl sites for hydroxylation is 2. The van der Waals surface area contributed by atoms with E-state index in [1.165, 1.54) is 0 Å². The number of likely N-dealkylation sites (N-methyl/N-ethyl adjacent to an activating group) is 1. The molecule has 1 aliphatic rings. The summed E-state index contributed by atoms with van der Waals surface area (Å²) in [4.78, 5) is 13.1. The van der Waals surface area contributed by atoms with Crippen molar-refractivity contribution in [1.82, 2.24) is 14.5 Å². The molecule has 0 bridgehead atoms. The Kier molecular flexibility index (Phi) is 3.28. The second kappa shape index (κ2) is 4.81. The van der Waals surface area contributed by atoms with Crippen molar-refractivity contribution < 1.29 is 4.90 Å². The highest BCUT2D eigenvalue weighted by Crippen LogP contribution is 2.29. The van der Waals surface area contributed by atoms with Crippen molar-refractivity contribution in [1.29, 1.82) is 0 Å². The number of hydrogen-bond donors (Lipinski definition) is 1. The summed E-state index contributed by atoms with van der Waals surface area (Å²) < 4.78 is 3.96. The molecule has 1 N–H and O–H groups in total. The fourth-order valence-electron chi connectivity index (χ4n) is 2.41. The fourth-order valence-corrected chi connectivity index (χ4v) is 3.68. The average Bonchev–Trinajstić information content (AvgIpc) is 2.66. The van der Waals surface area contributed by atoms with Crippen molar-refractivity contribution in [2.75, 3.05) is 38.1 Å². The normalized spacial score (nSPS) is 17.3. The van der Waals surface area contributed by atoms with Crippen LogP contribution in [0, 0.1) is 10.9 Å². The number of nitrogens with zero attached hydrogens (tertiary/aromatic N) is 4. The van der Waals surface area contributed by atoms with Gasteiger partial charge in [0.15, 0.2) is 15.4 Å². The van der Waals surface area contributed by atoms with Gasteiger partial charge in [-0.3, -0.25) is 0 Å². The summed E-state index contributed by atoms with van der Waals surface area (Å²) in [7, 11) is 4.22. The molecule has 0 saturated carbocycles. The minimum absolute atomic E-state index is 0.817. The van der Waals surface area contributed by atoms with E-state index in [9.17, 15) is 0 Å². The predicted octanol–water partition coefficient (Wildman–Crippen LogP) is 0.402. The Bertz CT molecular complexity index is 667. The molecule has 0 spiro atoms. The van der Waals surface area contributed by atoms with Gasteiger partial charge in [-0.15, -0.1) is 0 Å². The Balaban J connectivity index is 2.12. The van der Waals surface area contributed by atoms with Gasteiger partial charge in [-0.2, -0.15) is 0 Å². The molecule has 19 heavy (non-hydrogen) atoms. The van der Waals surface area contributed by atoms with Crippen molar-refractivity contribution >= 4 is 39.7 Å². The largest absolute Gasteiger partial charge is 0.344 e. The number of hydrogen-bond acceptors (Lipinski definition) is 5. The first-order chi connectivity index (χ1) is 9.06. The van der Waals surface area contributed by atoms with Crippen molar-refractivity contribution in [2.24, 2.45) is 7.05 Å². The van der Waals surface area contributed by atoms with Crippen molar-refractivity contribution in [2.45, 2.75) is 6.92 Å². The predicted molar refractivity (Wildman–Crippen MR) is 80.8 cm³/mol. The molecule has 2 aromatic rings. The molecule has 0 atom stereocenters. The molecular weight excluding hydrogens is 278 g/mol.